The van der Waals surface area contributed by atoms with Crippen molar-refractivity contribution in [1.82, 2.24) is 9.62 Å². The Hall–Kier alpha value is -1.68. The van der Waals surface area contributed by atoms with Crippen molar-refractivity contribution >= 4 is 15.9 Å². The fourth-order valence-corrected chi connectivity index (χ4v) is 3.84. The van der Waals surface area contributed by atoms with Gasteiger partial charge in [0.25, 0.3) is 5.91 Å². The van der Waals surface area contributed by atoms with Gasteiger partial charge in [0.05, 0.1) is 24.7 Å². The van der Waals surface area contributed by atoms with Gasteiger partial charge in [-0.1, -0.05) is 0 Å². The van der Waals surface area contributed by atoms with Gasteiger partial charge in [0, 0.05) is 26.2 Å². The Labute approximate surface area is 154 Å². The number of nitrogens with one attached hydrogen (secondary N) is 1. The van der Waals surface area contributed by atoms with Gasteiger partial charge in [0.15, 0.2) is 6.10 Å². The molecule has 2 rings (SSSR count). The second-order valence-corrected chi connectivity index (χ2v) is 7.86. The Morgan fingerprint density at radius 2 is 1.85 bits per heavy atom. The van der Waals surface area contributed by atoms with Crippen LogP contribution in [0.3, 0.4) is 0 Å². The summed E-state index contributed by atoms with van der Waals surface area (Å²) in [5.74, 6) is 0.322. The summed E-state index contributed by atoms with van der Waals surface area (Å²) >= 11 is 0. The highest BCUT2D eigenvalue weighted by atomic mass is 32.2. The molecule has 1 aliphatic rings. The molecule has 0 unspecified atom stereocenters. The predicted octanol–water partition coefficient (Wildman–Crippen LogP) is 0.626. The van der Waals surface area contributed by atoms with Crippen molar-refractivity contribution in [2.75, 3.05) is 40.0 Å². The van der Waals surface area contributed by atoms with Gasteiger partial charge in [0.2, 0.25) is 10.0 Å². The van der Waals surface area contributed by atoms with E-state index in [2.05, 4.69) is 4.72 Å². The summed E-state index contributed by atoms with van der Waals surface area (Å²) in [4.78, 5) is 14.2. The summed E-state index contributed by atoms with van der Waals surface area (Å²) in [5.41, 5.74) is 0. The van der Waals surface area contributed by atoms with Crippen LogP contribution in [0.15, 0.2) is 29.2 Å². The molecule has 0 spiro atoms. The lowest BCUT2D eigenvalue weighted by Crippen LogP contribution is -2.46. The molecule has 0 saturated carbocycles. The molecule has 0 aromatic heterocycles. The van der Waals surface area contributed by atoms with Crippen molar-refractivity contribution in [3.05, 3.63) is 24.3 Å². The predicted molar refractivity (Wildman–Crippen MR) is 95.6 cm³/mol. The maximum atomic E-state index is 12.3. The van der Waals surface area contributed by atoms with Crippen molar-refractivity contribution in [3.8, 4) is 5.75 Å². The standard InChI is InChI=1S/C17H26N2O6S/c1-13(12-23-3)18-26(21,22)16-6-4-15(5-7-16)25-14(2)17(20)19-8-10-24-11-9-19/h4-7,13-14,18H,8-12H2,1-3H3/t13-,14+/m1/s1. The summed E-state index contributed by atoms with van der Waals surface area (Å²) < 4.78 is 42.9. The summed E-state index contributed by atoms with van der Waals surface area (Å²) in [6.45, 7) is 5.83. The van der Waals surface area contributed by atoms with Crippen LogP contribution in [-0.2, 0) is 24.3 Å². The van der Waals surface area contributed by atoms with Crippen LogP contribution in [0.25, 0.3) is 0 Å². The van der Waals surface area contributed by atoms with Crippen LogP contribution < -0.4 is 9.46 Å². The lowest BCUT2D eigenvalue weighted by molar-refractivity contribution is -0.142. The smallest absolute Gasteiger partial charge is 0.263 e. The second-order valence-electron chi connectivity index (χ2n) is 6.15. The first-order chi connectivity index (χ1) is 12.3. The van der Waals surface area contributed by atoms with E-state index >= 15 is 0 Å². The van der Waals surface area contributed by atoms with Crippen LogP contribution in [-0.4, -0.2) is 71.4 Å². The molecule has 0 bridgehead atoms. The van der Waals surface area contributed by atoms with Crippen molar-refractivity contribution in [1.29, 1.82) is 0 Å². The van der Waals surface area contributed by atoms with E-state index in [9.17, 15) is 13.2 Å². The monoisotopic (exact) mass is 386 g/mol. The topological polar surface area (TPSA) is 94.2 Å². The molecular weight excluding hydrogens is 360 g/mol. The number of ether oxygens (including phenoxy) is 3. The molecule has 1 N–H and O–H groups in total. The lowest BCUT2D eigenvalue weighted by atomic mass is 10.3. The van der Waals surface area contributed by atoms with Crippen LogP contribution in [0.1, 0.15) is 13.8 Å². The molecule has 9 heteroatoms. The maximum absolute atomic E-state index is 12.3. The number of amides is 1. The molecule has 1 heterocycles. The van der Waals surface area contributed by atoms with Gasteiger partial charge in [-0.15, -0.1) is 0 Å². The zero-order chi connectivity index (χ0) is 19.2. The molecule has 146 valence electrons. The maximum Gasteiger partial charge on any atom is 0.263 e. The minimum Gasteiger partial charge on any atom is -0.481 e. The first-order valence-electron chi connectivity index (χ1n) is 8.48. The van der Waals surface area contributed by atoms with E-state index in [1.807, 2.05) is 0 Å². The molecule has 1 amide bonds. The Kier molecular flexibility index (Phi) is 7.39. The molecule has 2 atom stereocenters. The number of carbonyl (C=O) groups is 1. The zero-order valence-corrected chi connectivity index (χ0v) is 16.1. The fraction of sp³-hybridized carbons (Fsp3) is 0.588. The molecule has 8 nitrogen and oxygen atoms in total. The van der Waals surface area contributed by atoms with E-state index in [0.29, 0.717) is 32.1 Å². The molecule has 0 radical (unpaired) electrons. The SMILES string of the molecule is COC[C@@H](C)NS(=O)(=O)c1ccc(O[C@@H](C)C(=O)N2CCOCC2)cc1. The van der Waals surface area contributed by atoms with E-state index in [1.54, 1.807) is 30.9 Å². The number of hydrogen-bond acceptors (Lipinski definition) is 6. The van der Waals surface area contributed by atoms with Crippen LogP contribution in [0, 0.1) is 0 Å². The van der Waals surface area contributed by atoms with Crippen molar-refractivity contribution in [3.63, 3.8) is 0 Å². The second kappa shape index (κ2) is 9.31. The van der Waals surface area contributed by atoms with Gasteiger partial charge in [-0.2, -0.15) is 0 Å². The summed E-state index contributed by atoms with van der Waals surface area (Å²) in [6, 6.07) is 5.64. The molecule has 1 aromatic carbocycles. The Balaban J connectivity index is 1.97. The van der Waals surface area contributed by atoms with E-state index in [1.165, 1.54) is 19.2 Å². The van der Waals surface area contributed by atoms with Gasteiger partial charge < -0.3 is 19.1 Å². The number of rotatable bonds is 8. The Bertz CT molecular complexity index is 686. The normalized spacial score (nSPS) is 17.6. The van der Waals surface area contributed by atoms with E-state index in [0.717, 1.165) is 0 Å². The van der Waals surface area contributed by atoms with E-state index in [-0.39, 0.29) is 23.5 Å². The van der Waals surface area contributed by atoms with E-state index in [4.69, 9.17) is 14.2 Å². The van der Waals surface area contributed by atoms with Gasteiger partial charge in [-0.25, -0.2) is 13.1 Å². The highest BCUT2D eigenvalue weighted by Crippen LogP contribution is 2.18. The molecule has 1 aromatic rings. The van der Waals surface area contributed by atoms with Gasteiger partial charge in [-0.05, 0) is 38.1 Å². The van der Waals surface area contributed by atoms with Crippen LogP contribution in [0.5, 0.6) is 5.75 Å². The Morgan fingerprint density at radius 1 is 1.23 bits per heavy atom. The third-order valence-corrected chi connectivity index (χ3v) is 5.50. The average Bonchev–Trinajstić information content (AvgIpc) is 2.62. The van der Waals surface area contributed by atoms with Crippen LogP contribution in [0.2, 0.25) is 0 Å². The number of nitrogens with zero attached hydrogens (tertiary/aromatic N) is 1. The Morgan fingerprint density at radius 3 is 2.42 bits per heavy atom. The van der Waals surface area contributed by atoms with Crippen LogP contribution in [0.4, 0.5) is 0 Å². The molecule has 26 heavy (non-hydrogen) atoms. The number of hydrogen-bond donors (Lipinski definition) is 1. The molecule has 1 fully saturated rings. The number of benzene rings is 1. The quantitative estimate of drug-likeness (QED) is 0.704. The summed E-state index contributed by atoms with van der Waals surface area (Å²) in [5, 5.41) is 0. The van der Waals surface area contributed by atoms with Gasteiger partial charge in [0.1, 0.15) is 5.75 Å². The summed E-state index contributed by atoms with van der Waals surface area (Å²) in [6.07, 6.45) is -0.657. The van der Waals surface area contributed by atoms with Crippen molar-refractivity contribution in [2.45, 2.75) is 30.9 Å². The van der Waals surface area contributed by atoms with Crippen LogP contribution >= 0.6 is 0 Å². The largest absolute Gasteiger partial charge is 0.481 e. The molecule has 1 saturated heterocycles. The van der Waals surface area contributed by atoms with Crippen molar-refractivity contribution < 1.29 is 27.4 Å². The third-order valence-electron chi connectivity index (χ3n) is 3.89. The first-order valence-corrected chi connectivity index (χ1v) is 9.96. The minimum atomic E-state index is -3.64. The number of carbonyl (C=O) groups excluding carboxylic acids is 1. The van der Waals surface area contributed by atoms with Gasteiger partial charge in [-0.3, -0.25) is 4.79 Å². The number of sulfonamides is 1. The number of methoxy groups -OCH3 is 1. The van der Waals surface area contributed by atoms with E-state index < -0.39 is 16.1 Å². The number of morpholine rings is 1. The van der Waals surface area contributed by atoms with Crippen molar-refractivity contribution in [2.24, 2.45) is 0 Å². The fourth-order valence-electron chi connectivity index (χ4n) is 2.61. The first kappa shape index (κ1) is 20.6. The summed E-state index contributed by atoms with van der Waals surface area (Å²) in [7, 11) is -2.12. The molecule has 1 aliphatic heterocycles. The highest BCUT2D eigenvalue weighted by molar-refractivity contribution is 7.89. The minimum absolute atomic E-state index is 0.111. The zero-order valence-electron chi connectivity index (χ0n) is 15.3. The average molecular weight is 386 g/mol. The third kappa shape index (κ3) is 5.66. The molecular formula is C17H26N2O6S. The lowest BCUT2D eigenvalue weighted by Gasteiger charge is -2.29. The highest BCUT2D eigenvalue weighted by Gasteiger charge is 2.24. The molecule has 0 aliphatic carbocycles. The van der Waals surface area contributed by atoms with Gasteiger partial charge >= 0.3 is 0 Å².